The second-order valence-electron chi connectivity index (χ2n) is 5.85. The van der Waals surface area contributed by atoms with Crippen molar-refractivity contribution in [3.63, 3.8) is 0 Å². The molecule has 1 aliphatic rings. The van der Waals surface area contributed by atoms with E-state index in [1.807, 2.05) is 11.9 Å². The summed E-state index contributed by atoms with van der Waals surface area (Å²) >= 11 is 0. The summed E-state index contributed by atoms with van der Waals surface area (Å²) in [5.41, 5.74) is 2.81. The molecule has 0 saturated heterocycles. The lowest BCUT2D eigenvalue weighted by molar-refractivity contribution is -0.132. The molecule has 1 aromatic heterocycles. The molecule has 116 valence electrons. The Morgan fingerprint density at radius 3 is 2.95 bits per heavy atom. The number of tetrazole rings is 1. The van der Waals surface area contributed by atoms with Crippen LogP contribution in [0.25, 0.3) is 0 Å². The third kappa shape index (κ3) is 3.32. The number of aromatic amines is 1. The van der Waals surface area contributed by atoms with Crippen molar-refractivity contribution in [1.29, 1.82) is 0 Å². The predicted octanol–water partition coefficient (Wildman–Crippen LogP) is 1.54. The summed E-state index contributed by atoms with van der Waals surface area (Å²) in [6.45, 7) is 0. The molecule has 1 aromatic carbocycles. The number of aromatic nitrogens is 4. The van der Waals surface area contributed by atoms with Gasteiger partial charge in [0.1, 0.15) is 0 Å². The summed E-state index contributed by atoms with van der Waals surface area (Å²) < 4.78 is 0. The van der Waals surface area contributed by atoms with Gasteiger partial charge in [-0.05, 0) is 36.8 Å². The Labute approximate surface area is 129 Å². The van der Waals surface area contributed by atoms with Gasteiger partial charge in [0.2, 0.25) is 5.91 Å². The Bertz CT molecular complexity index is 625. The zero-order valence-electron chi connectivity index (χ0n) is 12.8. The van der Waals surface area contributed by atoms with E-state index in [0.717, 1.165) is 25.7 Å². The van der Waals surface area contributed by atoms with Gasteiger partial charge in [-0.2, -0.15) is 5.21 Å². The zero-order chi connectivity index (χ0) is 15.4. The van der Waals surface area contributed by atoms with Gasteiger partial charge < -0.3 is 4.90 Å². The van der Waals surface area contributed by atoms with Crippen molar-refractivity contribution >= 4 is 5.91 Å². The molecule has 1 amide bonds. The van der Waals surface area contributed by atoms with Gasteiger partial charge in [-0.15, -0.1) is 10.2 Å². The number of hydrogen-bond acceptors (Lipinski definition) is 4. The number of carbonyl (C=O) groups is 1. The third-order valence-electron chi connectivity index (χ3n) is 4.44. The minimum absolute atomic E-state index is 0.202. The highest BCUT2D eigenvalue weighted by Gasteiger charge is 2.24. The fraction of sp³-hybridized carbons (Fsp3) is 0.500. The highest BCUT2D eigenvalue weighted by Crippen LogP contribution is 2.24. The lowest BCUT2D eigenvalue weighted by Crippen LogP contribution is -2.40. The molecule has 1 N–H and O–H groups in total. The molecule has 0 bridgehead atoms. The quantitative estimate of drug-likeness (QED) is 0.908. The summed E-state index contributed by atoms with van der Waals surface area (Å²) in [6, 6.07) is 8.85. The Morgan fingerprint density at radius 2 is 2.18 bits per heavy atom. The summed E-state index contributed by atoms with van der Waals surface area (Å²) in [6.07, 6.45) is 5.04. The molecule has 0 radical (unpaired) electrons. The van der Waals surface area contributed by atoms with Crippen LogP contribution < -0.4 is 0 Å². The molecule has 1 aliphatic carbocycles. The molecular weight excluding hydrogens is 278 g/mol. The van der Waals surface area contributed by atoms with Gasteiger partial charge in [-0.25, -0.2) is 0 Å². The maximum atomic E-state index is 12.3. The highest BCUT2D eigenvalue weighted by atomic mass is 16.2. The van der Waals surface area contributed by atoms with E-state index in [1.54, 1.807) is 0 Å². The maximum Gasteiger partial charge on any atom is 0.222 e. The molecule has 0 fully saturated rings. The van der Waals surface area contributed by atoms with E-state index in [4.69, 9.17) is 0 Å². The topological polar surface area (TPSA) is 74.8 Å². The van der Waals surface area contributed by atoms with E-state index < -0.39 is 0 Å². The van der Waals surface area contributed by atoms with E-state index in [9.17, 15) is 4.79 Å². The summed E-state index contributed by atoms with van der Waals surface area (Å²) in [5, 5.41) is 13.7. The maximum absolute atomic E-state index is 12.3. The highest BCUT2D eigenvalue weighted by molar-refractivity contribution is 5.76. The fourth-order valence-electron chi connectivity index (χ4n) is 3.08. The van der Waals surface area contributed by atoms with Crippen LogP contribution in [0.5, 0.6) is 0 Å². The number of fused-ring (bicyclic) bond motifs is 1. The van der Waals surface area contributed by atoms with Crippen molar-refractivity contribution in [3.8, 4) is 0 Å². The van der Waals surface area contributed by atoms with Crippen LogP contribution >= 0.6 is 0 Å². The van der Waals surface area contributed by atoms with Crippen molar-refractivity contribution in [1.82, 2.24) is 25.5 Å². The van der Waals surface area contributed by atoms with Gasteiger partial charge in [0.05, 0.1) is 0 Å². The van der Waals surface area contributed by atoms with E-state index >= 15 is 0 Å². The van der Waals surface area contributed by atoms with Crippen molar-refractivity contribution in [2.75, 3.05) is 7.05 Å². The Hall–Kier alpha value is -2.24. The van der Waals surface area contributed by atoms with Gasteiger partial charge in [-0.3, -0.25) is 4.79 Å². The fourth-order valence-corrected chi connectivity index (χ4v) is 3.08. The molecule has 0 saturated carbocycles. The summed E-state index contributed by atoms with van der Waals surface area (Å²) in [5.74, 6) is 0.870. The van der Waals surface area contributed by atoms with Crippen LogP contribution in [0.15, 0.2) is 24.3 Å². The van der Waals surface area contributed by atoms with Gasteiger partial charge >= 0.3 is 0 Å². The molecule has 1 unspecified atom stereocenters. The standard InChI is InChI=1S/C16H21N5O/c1-21(16(22)8-4-7-15-17-19-20-18-15)14-10-9-12-5-2-3-6-13(12)11-14/h2-3,5-6,14H,4,7-11H2,1H3,(H,17,18,19,20). The van der Waals surface area contributed by atoms with E-state index in [-0.39, 0.29) is 5.91 Å². The molecule has 3 rings (SSSR count). The SMILES string of the molecule is CN(C(=O)CCCc1nn[nH]n1)C1CCc2ccccc2C1. The average molecular weight is 299 g/mol. The number of hydrogen-bond donors (Lipinski definition) is 1. The van der Waals surface area contributed by atoms with E-state index in [2.05, 4.69) is 44.9 Å². The number of aryl methyl sites for hydroxylation is 2. The monoisotopic (exact) mass is 299 g/mol. The zero-order valence-corrected chi connectivity index (χ0v) is 12.8. The first kappa shape index (κ1) is 14.7. The molecule has 1 atom stereocenters. The smallest absolute Gasteiger partial charge is 0.222 e. The van der Waals surface area contributed by atoms with Gasteiger partial charge in [-0.1, -0.05) is 29.5 Å². The van der Waals surface area contributed by atoms with Crippen LogP contribution in [0.2, 0.25) is 0 Å². The normalized spacial score (nSPS) is 17.0. The number of nitrogens with zero attached hydrogens (tertiary/aromatic N) is 4. The first-order valence-electron chi connectivity index (χ1n) is 7.79. The molecule has 1 heterocycles. The third-order valence-corrected chi connectivity index (χ3v) is 4.44. The van der Waals surface area contributed by atoms with Crippen LogP contribution in [-0.4, -0.2) is 44.5 Å². The number of likely N-dealkylation sites (N-methyl/N-ethyl adjacent to an activating group) is 1. The molecular formula is C16H21N5O. The number of H-pyrrole nitrogens is 1. The summed E-state index contributed by atoms with van der Waals surface area (Å²) in [7, 11) is 1.93. The van der Waals surface area contributed by atoms with E-state index in [0.29, 0.717) is 24.7 Å². The van der Waals surface area contributed by atoms with Gasteiger partial charge in [0.15, 0.2) is 5.82 Å². The number of carbonyl (C=O) groups excluding carboxylic acids is 1. The van der Waals surface area contributed by atoms with Crippen LogP contribution in [0.4, 0.5) is 0 Å². The van der Waals surface area contributed by atoms with Crippen molar-refractivity contribution in [3.05, 3.63) is 41.2 Å². The van der Waals surface area contributed by atoms with Crippen LogP contribution in [-0.2, 0) is 24.1 Å². The summed E-state index contributed by atoms with van der Waals surface area (Å²) in [4.78, 5) is 14.3. The first-order valence-corrected chi connectivity index (χ1v) is 7.79. The Balaban J connectivity index is 1.51. The minimum Gasteiger partial charge on any atom is -0.342 e. The molecule has 6 heteroatoms. The van der Waals surface area contributed by atoms with E-state index in [1.165, 1.54) is 11.1 Å². The minimum atomic E-state index is 0.202. The molecule has 0 spiro atoms. The van der Waals surface area contributed by atoms with Gasteiger partial charge in [0.25, 0.3) is 0 Å². The Morgan fingerprint density at radius 1 is 1.36 bits per heavy atom. The Kier molecular flexibility index (Phi) is 4.46. The van der Waals surface area contributed by atoms with Gasteiger partial charge in [0, 0.05) is 25.9 Å². The van der Waals surface area contributed by atoms with Crippen molar-refractivity contribution < 1.29 is 4.79 Å². The van der Waals surface area contributed by atoms with Crippen molar-refractivity contribution in [2.45, 2.75) is 44.6 Å². The second-order valence-corrected chi connectivity index (χ2v) is 5.85. The number of rotatable bonds is 5. The van der Waals surface area contributed by atoms with Crippen LogP contribution in [0.3, 0.4) is 0 Å². The molecule has 0 aliphatic heterocycles. The predicted molar refractivity (Wildman–Crippen MR) is 82.1 cm³/mol. The van der Waals surface area contributed by atoms with Crippen molar-refractivity contribution in [2.24, 2.45) is 0 Å². The van der Waals surface area contributed by atoms with Crippen LogP contribution in [0.1, 0.15) is 36.2 Å². The number of nitrogens with one attached hydrogen (secondary N) is 1. The lowest BCUT2D eigenvalue weighted by atomic mass is 9.87. The average Bonchev–Trinajstić information content (AvgIpc) is 3.07. The number of amides is 1. The molecule has 22 heavy (non-hydrogen) atoms. The lowest BCUT2D eigenvalue weighted by Gasteiger charge is -2.32. The molecule has 6 nitrogen and oxygen atoms in total. The second kappa shape index (κ2) is 6.68. The number of benzene rings is 1. The van der Waals surface area contributed by atoms with Crippen LogP contribution in [0, 0.1) is 0 Å². The molecule has 2 aromatic rings. The first-order chi connectivity index (χ1) is 10.7. The largest absolute Gasteiger partial charge is 0.342 e.